The molecule has 2 atom stereocenters. The van der Waals surface area contributed by atoms with Gasteiger partial charge in [0.15, 0.2) is 5.13 Å². The molecule has 2 unspecified atom stereocenters. The van der Waals surface area contributed by atoms with Crippen molar-refractivity contribution in [2.75, 3.05) is 30.0 Å². The molecule has 1 saturated heterocycles. The summed E-state index contributed by atoms with van der Waals surface area (Å²) in [6, 6.07) is -0.500. The van der Waals surface area contributed by atoms with Crippen molar-refractivity contribution in [3.63, 3.8) is 0 Å². The topological polar surface area (TPSA) is 120 Å². The van der Waals surface area contributed by atoms with Crippen LogP contribution in [0.25, 0.3) is 10.6 Å². The molecule has 14 heteroatoms. The zero-order valence-electron chi connectivity index (χ0n) is 17.7. The Morgan fingerprint density at radius 2 is 1.88 bits per heavy atom. The molecular weight excluding hydrogens is 469 g/mol. The number of thiazole rings is 1. The van der Waals surface area contributed by atoms with Crippen molar-refractivity contribution in [3.8, 4) is 10.6 Å². The van der Waals surface area contributed by atoms with E-state index in [1.165, 1.54) is 10.5 Å². The minimum atomic E-state index is -4.65. The maximum atomic E-state index is 13.6. The summed E-state index contributed by atoms with van der Waals surface area (Å²) in [6.45, 7) is 3.95. The molecule has 1 aliphatic heterocycles. The van der Waals surface area contributed by atoms with E-state index in [1.807, 2.05) is 0 Å². The maximum absolute atomic E-state index is 13.6. The number of hydrogen-bond acceptors (Lipinski definition) is 9. The summed E-state index contributed by atoms with van der Waals surface area (Å²) in [7, 11) is -3.28. The van der Waals surface area contributed by atoms with E-state index in [2.05, 4.69) is 25.6 Å². The van der Waals surface area contributed by atoms with Crippen LogP contribution in [-0.2, 0) is 16.2 Å². The fourth-order valence-electron chi connectivity index (χ4n) is 3.13. The van der Waals surface area contributed by atoms with Gasteiger partial charge < -0.3 is 15.7 Å². The lowest BCUT2D eigenvalue weighted by atomic mass is 10.1. The second kappa shape index (κ2) is 9.45. The summed E-state index contributed by atoms with van der Waals surface area (Å²) in [6.07, 6.45) is -1.17. The van der Waals surface area contributed by atoms with Gasteiger partial charge in [0.1, 0.15) is 5.56 Å². The zero-order valence-corrected chi connectivity index (χ0v) is 19.4. The third-order valence-electron chi connectivity index (χ3n) is 5.16. The first-order chi connectivity index (χ1) is 14.8. The smallest absolute Gasteiger partial charge is 0.391 e. The first kappa shape index (κ1) is 24.6. The molecule has 178 valence electrons. The van der Waals surface area contributed by atoms with Gasteiger partial charge in [-0.05, 0) is 26.7 Å². The number of aliphatic hydroxyl groups is 1. The van der Waals surface area contributed by atoms with Crippen molar-refractivity contribution in [2.45, 2.75) is 51.1 Å². The maximum Gasteiger partial charge on any atom is 0.420 e. The average molecular weight is 495 g/mol. The van der Waals surface area contributed by atoms with Crippen LogP contribution in [0.3, 0.4) is 0 Å². The van der Waals surface area contributed by atoms with Crippen molar-refractivity contribution in [3.05, 3.63) is 18.0 Å². The van der Waals surface area contributed by atoms with Crippen LogP contribution in [0.15, 0.2) is 12.4 Å². The molecule has 3 rings (SSSR count). The van der Waals surface area contributed by atoms with Crippen LogP contribution in [0.4, 0.5) is 24.3 Å². The van der Waals surface area contributed by atoms with Gasteiger partial charge in [-0.15, -0.1) is 0 Å². The lowest BCUT2D eigenvalue weighted by molar-refractivity contribution is -0.137. The molecule has 0 amide bonds. The molecule has 0 aliphatic carbocycles. The van der Waals surface area contributed by atoms with Gasteiger partial charge in [-0.1, -0.05) is 11.3 Å². The Kier molecular flexibility index (Phi) is 7.27. The zero-order chi connectivity index (χ0) is 23.7. The monoisotopic (exact) mass is 494 g/mol. The van der Waals surface area contributed by atoms with Crippen LogP contribution in [0.5, 0.6) is 0 Å². The summed E-state index contributed by atoms with van der Waals surface area (Å²) < 4.78 is 65.4. The van der Waals surface area contributed by atoms with Gasteiger partial charge in [0, 0.05) is 31.5 Å². The van der Waals surface area contributed by atoms with Crippen molar-refractivity contribution in [1.29, 1.82) is 0 Å². The second-order valence-corrected chi connectivity index (χ2v) is 10.8. The van der Waals surface area contributed by atoms with Crippen LogP contribution in [0.1, 0.15) is 32.3 Å². The number of halogens is 3. The Bertz CT molecular complexity index is 1040. The Balaban J connectivity index is 1.82. The summed E-state index contributed by atoms with van der Waals surface area (Å²) in [5.74, 6) is 0.0334. The molecule has 0 bridgehead atoms. The van der Waals surface area contributed by atoms with E-state index in [0.717, 1.165) is 23.8 Å². The third-order valence-corrected chi connectivity index (χ3v) is 7.40. The molecule has 32 heavy (non-hydrogen) atoms. The Morgan fingerprint density at radius 3 is 2.44 bits per heavy atom. The van der Waals surface area contributed by atoms with Crippen LogP contribution in [0, 0.1) is 0 Å². The average Bonchev–Trinajstić information content (AvgIpc) is 3.15. The van der Waals surface area contributed by atoms with Gasteiger partial charge in [0.2, 0.25) is 16.0 Å². The summed E-state index contributed by atoms with van der Waals surface area (Å²) in [4.78, 5) is 12.3. The summed E-state index contributed by atoms with van der Waals surface area (Å²) in [5, 5.41) is 15.9. The SMILES string of the molecule is CC(O)C(C)Nc1ncc(-c2nc(NC3CCN(S(C)(=O)=O)CC3)ncc2C(F)(F)F)s1. The lowest BCUT2D eigenvalue weighted by Gasteiger charge is -2.30. The van der Waals surface area contributed by atoms with Gasteiger partial charge in [0.05, 0.1) is 29.0 Å². The number of alkyl halides is 3. The highest BCUT2D eigenvalue weighted by atomic mass is 32.2. The van der Waals surface area contributed by atoms with Crippen LogP contribution >= 0.6 is 11.3 Å². The molecule has 0 spiro atoms. The number of anilines is 2. The highest BCUT2D eigenvalue weighted by Crippen LogP contribution is 2.39. The Hall–Kier alpha value is -2.03. The van der Waals surface area contributed by atoms with Crippen molar-refractivity contribution in [1.82, 2.24) is 19.3 Å². The van der Waals surface area contributed by atoms with Crippen LogP contribution in [0.2, 0.25) is 0 Å². The van der Waals surface area contributed by atoms with Crippen LogP contribution in [-0.4, -0.2) is 70.3 Å². The van der Waals surface area contributed by atoms with E-state index in [-0.39, 0.29) is 28.6 Å². The second-order valence-electron chi connectivity index (χ2n) is 7.74. The fourth-order valence-corrected chi connectivity index (χ4v) is 4.92. The molecule has 2 aromatic heterocycles. The molecule has 3 heterocycles. The van der Waals surface area contributed by atoms with Gasteiger partial charge in [0.25, 0.3) is 0 Å². The van der Waals surface area contributed by atoms with Crippen molar-refractivity contribution in [2.24, 2.45) is 0 Å². The molecule has 9 nitrogen and oxygen atoms in total. The normalized spacial score (nSPS) is 18.3. The molecule has 1 fully saturated rings. The van der Waals surface area contributed by atoms with E-state index in [4.69, 9.17) is 0 Å². The highest BCUT2D eigenvalue weighted by Gasteiger charge is 2.36. The molecular formula is C18H25F3N6O3S2. The van der Waals surface area contributed by atoms with Crippen molar-refractivity contribution >= 4 is 32.4 Å². The number of hydrogen-bond donors (Lipinski definition) is 3. The first-order valence-electron chi connectivity index (χ1n) is 9.91. The lowest BCUT2D eigenvalue weighted by Crippen LogP contribution is -2.42. The number of nitrogens with zero attached hydrogens (tertiary/aromatic N) is 4. The summed E-state index contributed by atoms with van der Waals surface area (Å²) in [5.41, 5.74) is -1.27. The fraction of sp³-hybridized carbons (Fsp3) is 0.611. The van der Waals surface area contributed by atoms with Gasteiger partial charge in [-0.3, -0.25) is 0 Å². The molecule has 2 aromatic rings. The largest absolute Gasteiger partial charge is 0.420 e. The van der Waals surface area contributed by atoms with E-state index in [9.17, 15) is 26.7 Å². The minimum absolute atomic E-state index is 0.0334. The Morgan fingerprint density at radius 1 is 1.22 bits per heavy atom. The minimum Gasteiger partial charge on any atom is -0.391 e. The first-order valence-corrected chi connectivity index (χ1v) is 12.6. The summed E-state index contributed by atoms with van der Waals surface area (Å²) >= 11 is 0.995. The number of nitrogens with one attached hydrogen (secondary N) is 2. The quantitative estimate of drug-likeness (QED) is 0.537. The standard InChI is InChI=1S/C18H25F3N6O3S2/c1-10(11(2)28)24-17-23-9-14(31-17)15-13(18(19,20)21)8-22-16(26-15)25-12-4-6-27(7-5-12)32(3,29)30/h8-12,28H,4-7H2,1-3H3,(H,23,24)(H,22,25,26). The van der Waals surface area contributed by atoms with Crippen LogP contribution < -0.4 is 10.6 Å². The molecule has 0 saturated carbocycles. The van der Waals surface area contributed by atoms with E-state index < -0.39 is 27.9 Å². The predicted molar refractivity (Wildman–Crippen MR) is 116 cm³/mol. The number of rotatable bonds is 7. The molecule has 0 radical (unpaired) electrons. The number of aromatic nitrogens is 3. The molecule has 3 N–H and O–H groups in total. The molecule has 1 aliphatic rings. The number of sulfonamides is 1. The van der Waals surface area contributed by atoms with Gasteiger partial charge in [-0.2, -0.15) is 13.2 Å². The highest BCUT2D eigenvalue weighted by molar-refractivity contribution is 7.88. The van der Waals surface area contributed by atoms with Crippen molar-refractivity contribution < 1.29 is 26.7 Å². The van der Waals surface area contributed by atoms with Gasteiger partial charge in [-0.25, -0.2) is 27.7 Å². The number of piperidine rings is 1. The van der Waals surface area contributed by atoms with Gasteiger partial charge >= 0.3 is 6.18 Å². The van der Waals surface area contributed by atoms with E-state index in [0.29, 0.717) is 31.1 Å². The van der Waals surface area contributed by atoms with E-state index in [1.54, 1.807) is 13.8 Å². The Labute approximate surface area is 188 Å². The van der Waals surface area contributed by atoms with E-state index >= 15 is 0 Å². The predicted octanol–water partition coefficient (Wildman–Crippen LogP) is 2.64. The molecule has 0 aromatic carbocycles. The number of aliphatic hydroxyl groups excluding tert-OH is 1. The third kappa shape index (κ3) is 6.05.